The van der Waals surface area contributed by atoms with Crippen LogP contribution in [0.15, 0.2) is 0 Å². The molecule has 0 rings (SSSR count). The molecule has 0 aliphatic carbocycles. The van der Waals surface area contributed by atoms with Crippen LogP contribution < -0.4 is 0 Å². The summed E-state index contributed by atoms with van der Waals surface area (Å²) in [6.45, 7) is 3.51. The Morgan fingerprint density at radius 3 is 0.750 bits per heavy atom. The maximum Gasteiger partial charge on any atom is 0 e. The van der Waals surface area contributed by atoms with Crippen molar-refractivity contribution in [2.75, 3.05) is 0 Å². The van der Waals surface area contributed by atoms with E-state index in [0.717, 1.165) is 0 Å². The van der Waals surface area contributed by atoms with Gasteiger partial charge in [-0.2, -0.15) is 12.8 Å². The molecule has 16 heavy (non-hydrogen) atoms. The predicted octanol–water partition coefficient (Wildman–Crippen LogP) is 4.00. The van der Waals surface area contributed by atoms with Crippen LogP contribution in [0.5, 0.6) is 0 Å². The summed E-state index contributed by atoms with van der Waals surface area (Å²) in [7, 11) is 0. The molecular weight excluding hydrogens is 431 g/mol. The van der Waals surface area contributed by atoms with Gasteiger partial charge in [-0.05, 0) is 0 Å². The second kappa shape index (κ2) is 111. The van der Waals surface area contributed by atoms with Crippen molar-refractivity contribution < 1.29 is 108 Å². The molecule has 3 radical (unpaired) electrons. The Labute approximate surface area is 181 Å². The van der Waals surface area contributed by atoms with Gasteiger partial charge in [0.05, 0.1) is 0 Å². The van der Waals surface area contributed by atoms with E-state index in [-0.39, 0.29) is 135 Å². The Morgan fingerprint density at radius 2 is 0.750 bits per heavy atom. The van der Waals surface area contributed by atoms with Gasteiger partial charge in [-0.25, -0.2) is 0 Å². The van der Waals surface area contributed by atoms with E-state index < -0.39 is 0 Å². The Morgan fingerprint density at radius 1 is 0.688 bits per heavy atom. The van der Waals surface area contributed by atoms with Gasteiger partial charge in [0.1, 0.15) is 0 Å². The van der Waals surface area contributed by atoms with E-state index in [2.05, 4.69) is 0 Å². The van der Waals surface area contributed by atoms with E-state index in [1.165, 1.54) is 0 Å². The molecule has 0 amide bonds. The number of rotatable bonds is 2. The van der Waals surface area contributed by atoms with Crippen molar-refractivity contribution in [1.82, 2.24) is 0 Å². The largest absolute Gasteiger partial charge is 0.542 e. The van der Waals surface area contributed by atoms with Crippen molar-refractivity contribution in [2.45, 2.75) is 56.4 Å². The maximum absolute atomic E-state index is 9.05. The van der Waals surface area contributed by atoms with Crippen LogP contribution in [0, 0.1) is 7.43 Å². The van der Waals surface area contributed by atoms with Gasteiger partial charge in [-0.3, -0.25) is 12.6 Å². The molecule has 0 fully saturated rings. The molecule has 0 aromatic carbocycles. The van der Waals surface area contributed by atoms with Crippen molar-refractivity contribution in [3.05, 3.63) is 7.43 Å². The third kappa shape index (κ3) is 189. The minimum atomic E-state index is 0. The van der Waals surface area contributed by atoms with Crippen molar-refractivity contribution in [1.29, 1.82) is 0 Å². The SMILES string of the molecule is C.C.C.C.CC[C-]=O.CC[C-]=O.[CH3-].[Y].[Y].[Y]. The third-order valence-electron chi connectivity index (χ3n) is 0.289. The summed E-state index contributed by atoms with van der Waals surface area (Å²) >= 11 is 0. The summed E-state index contributed by atoms with van der Waals surface area (Å²) < 4.78 is 0. The Hall–Kier alpha value is 2.65. The number of hydrogen-bond donors (Lipinski definition) is 0. The zero-order valence-corrected chi connectivity index (χ0v) is 16.5. The summed E-state index contributed by atoms with van der Waals surface area (Å²) in [6.07, 6.45) is 4.39. The van der Waals surface area contributed by atoms with Crippen LogP contribution in [0.3, 0.4) is 0 Å². The van der Waals surface area contributed by atoms with Gasteiger partial charge in [-0.1, -0.05) is 43.6 Å². The van der Waals surface area contributed by atoms with Crippen molar-refractivity contribution in [3.63, 3.8) is 0 Å². The van der Waals surface area contributed by atoms with Gasteiger partial charge in [0.25, 0.3) is 0 Å². The van der Waals surface area contributed by atoms with Gasteiger partial charge in [0, 0.05) is 98.1 Å². The van der Waals surface area contributed by atoms with Gasteiger partial charge in [-0.15, -0.1) is 0 Å². The normalized spacial score (nSPS) is 3.12. The number of carbonyl (C=O) groups excluding carboxylic acids is 2. The number of hydrogen-bond acceptors (Lipinski definition) is 2. The van der Waals surface area contributed by atoms with Gasteiger partial charge in [0.2, 0.25) is 0 Å². The molecule has 0 saturated carbocycles. The topological polar surface area (TPSA) is 34.1 Å². The van der Waals surface area contributed by atoms with Crippen molar-refractivity contribution in [3.8, 4) is 0 Å². The molecule has 97 valence electrons. The van der Waals surface area contributed by atoms with E-state index in [1.807, 2.05) is 0 Å². The van der Waals surface area contributed by atoms with Crippen LogP contribution in [0.2, 0.25) is 0 Å². The van der Waals surface area contributed by atoms with Crippen LogP contribution >= 0.6 is 0 Å². The molecule has 0 atom stereocenters. The second-order valence-electron chi connectivity index (χ2n) is 0.996. The second-order valence-corrected chi connectivity index (χ2v) is 0.996. The molecule has 0 spiro atoms. The van der Waals surface area contributed by atoms with Gasteiger partial charge < -0.3 is 17.0 Å². The first-order valence-corrected chi connectivity index (χ1v) is 2.53. The molecule has 0 heterocycles. The van der Waals surface area contributed by atoms with Gasteiger partial charge in [0.15, 0.2) is 0 Å². The molecule has 0 aromatic rings. The summed E-state index contributed by atoms with van der Waals surface area (Å²) in [6, 6.07) is 0. The molecule has 0 aromatic heterocycles. The first kappa shape index (κ1) is 77.6. The molecule has 0 aliphatic heterocycles. The monoisotopic (exact) mass is 460 g/mol. The summed E-state index contributed by atoms with van der Waals surface area (Å²) in [5.74, 6) is 0. The molecule has 0 unspecified atom stereocenters. The van der Waals surface area contributed by atoms with Crippen molar-refractivity contribution >= 4 is 12.6 Å². The molecule has 0 saturated heterocycles. The van der Waals surface area contributed by atoms with Gasteiger partial charge >= 0.3 is 0 Å². The minimum absolute atomic E-state index is 0. The average Bonchev–Trinajstić information content (AvgIpc) is 1.88. The van der Waals surface area contributed by atoms with E-state index in [0.29, 0.717) is 12.8 Å². The van der Waals surface area contributed by atoms with Crippen LogP contribution in [0.1, 0.15) is 56.4 Å². The fourth-order valence-electron chi connectivity index (χ4n) is 0. The molecular formula is C11H29O2Y3-3. The zero-order chi connectivity index (χ0) is 6.83. The molecule has 5 heteroatoms. The Balaban J connectivity index is -0.00000000375. The van der Waals surface area contributed by atoms with E-state index in [4.69, 9.17) is 9.59 Å². The smallest absolute Gasteiger partial charge is 0 e. The third-order valence-corrected chi connectivity index (χ3v) is 0.289. The summed E-state index contributed by atoms with van der Waals surface area (Å²) in [5.41, 5.74) is 0. The van der Waals surface area contributed by atoms with E-state index in [9.17, 15) is 0 Å². The molecule has 0 aliphatic rings. The molecule has 0 bridgehead atoms. The fourth-order valence-corrected chi connectivity index (χ4v) is 0. The first-order valence-electron chi connectivity index (χ1n) is 2.53. The van der Waals surface area contributed by atoms with Crippen LogP contribution in [0.25, 0.3) is 0 Å². The average molecular weight is 460 g/mol. The first-order chi connectivity index (χ1) is 3.83. The zero-order valence-electron chi connectivity index (χ0n) is 7.96. The molecule has 2 nitrogen and oxygen atoms in total. The van der Waals surface area contributed by atoms with E-state index >= 15 is 0 Å². The Bertz CT molecular complexity index is 55.2. The minimum Gasteiger partial charge on any atom is -0.542 e. The van der Waals surface area contributed by atoms with Crippen molar-refractivity contribution in [2.24, 2.45) is 0 Å². The van der Waals surface area contributed by atoms with Crippen LogP contribution in [-0.4, -0.2) is 12.6 Å². The summed E-state index contributed by atoms with van der Waals surface area (Å²) in [5, 5.41) is 0. The molecule has 0 N–H and O–H groups in total. The van der Waals surface area contributed by atoms with E-state index in [1.54, 1.807) is 26.4 Å². The Kier molecular flexibility index (Phi) is 537. The standard InChI is InChI=1S/2C3H5O.4CH4.CH3.3Y/c2*1-2-3-4;;;;;;;;/h2*2H2,1H3;4*1H4;1H3;;;/q2*-1;;;;;-1;;;. The van der Waals surface area contributed by atoms with Crippen LogP contribution in [-0.2, 0) is 108 Å². The fraction of sp³-hybridized carbons (Fsp3) is 0.727. The quantitative estimate of drug-likeness (QED) is 0.585. The maximum atomic E-state index is 9.05. The predicted molar refractivity (Wildman–Crippen MR) is 65.3 cm³/mol. The van der Waals surface area contributed by atoms with Crippen LogP contribution in [0.4, 0.5) is 0 Å². The summed E-state index contributed by atoms with van der Waals surface area (Å²) in [4.78, 5) is 18.1.